The van der Waals surface area contributed by atoms with Crippen molar-refractivity contribution in [2.24, 2.45) is 0 Å². The maximum absolute atomic E-state index is 9.67. The molecule has 0 amide bonds. The van der Waals surface area contributed by atoms with Crippen LogP contribution in [0.5, 0.6) is 0 Å². The third kappa shape index (κ3) is 4.36. The second-order valence-electron chi connectivity index (χ2n) is 5.05. The van der Waals surface area contributed by atoms with E-state index in [0.29, 0.717) is 0 Å². The monoisotopic (exact) mass is 266 g/mol. The van der Waals surface area contributed by atoms with Gasteiger partial charge in [-0.15, -0.1) is 0 Å². The van der Waals surface area contributed by atoms with Crippen molar-refractivity contribution >= 4 is 0 Å². The fourth-order valence-electron chi connectivity index (χ4n) is 2.37. The average Bonchev–Trinajstić information content (AvgIpc) is 2.49. The van der Waals surface area contributed by atoms with Crippen LogP contribution in [-0.4, -0.2) is 11.2 Å². The van der Waals surface area contributed by atoms with E-state index in [1.807, 2.05) is 25.1 Å². The molecule has 0 bridgehead atoms. The molecule has 0 saturated carbocycles. The van der Waals surface area contributed by atoms with Crippen LogP contribution in [0.25, 0.3) is 11.1 Å². The molecule has 2 aromatic carbocycles. The number of hydrogen-bond donors (Lipinski definition) is 1. The maximum atomic E-state index is 9.67. The molecule has 0 unspecified atom stereocenters. The highest BCUT2D eigenvalue weighted by Gasteiger charge is 2.01. The van der Waals surface area contributed by atoms with Gasteiger partial charge in [-0.1, -0.05) is 66.7 Å². The fraction of sp³-hybridized carbons (Fsp3) is 0.263. The minimum Gasteiger partial charge on any atom is -0.389 e. The summed E-state index contributed by atoms with van der Waals surface area (Å²) < 4.78 is 0. The first kappa shape index (κ1) is 14.5. The van der Waals surface area contributed by atoms with Gasteiger partial charge in [0.25, 0.3) is 0 Å². The molecule has 0 spiro atoms. The second-order valence-corrected chi connectivity index (χ2v) is 5.05. The van der Waals surface area contributed by atoms with Crippen molar-refractivity contribution in [1.82, 2.24) is 0 Å². The van der Waals surface area contributed by atoms with Gasteiger partial charge in [-0.25, -0.2) is 0 Å². The molecule has 104 valence electrons. The average molecular weight is 266 g/mol. The molecule has 0 heterocycles. The van der Waals surface area contributed by atoms with Gasteiger partial charge in [-0.05, 0) is 42.9 Å². The number of aliphatic hydroxyl groups excluding tert-OH is 1. The summed E-state index contributed by atoms with van der Waals surface area (Å²) in [4.78, 5) is 0. The number of aliphatic hydroxyl groups is 1. The Morgan fingerprint density at radius 2 is 1.75 bits per heavy atom. The Balaban J connectivity index is 1.97. The van der Waals surface area contributed by atoms with Crippen molar-refractivity contribution in [1.29, 1.82) is 0 Å². The maximum Gasteiger partial charge on any atom is 0.0720 e. The van der Waals surface area contributed by atoms with E-state index in [2.05, 4.69) is 48.5 Å². The molecular formula is C19H22O. The summed E-state index contributed by atoms with van der Waals surface area (Å²) in [6, 6.07) is 19.1. The van der Waals surface area contributed by atoms with Gasteiger partial charge in [-0.3, -0.25) is 0 Å². The van der Waals surface area contributed by atoms with Gasteiger partial charge in [0.1, 0.15) is 0 Å². The van der Waals surface area contributed by atoms with E-state index in [1.165, 1.54) is 16.7 Å². The molecule has 1 heteroatoms. The lowest BCUT2D eigenvalue weighted by Gasteiger charge is -2.07. The molecule has 2 aromatic rings. The van der Waals surface area contributed by atoms with Crippen LogP contribution >= 0.6 is 0 Å². The largest absolute Gasteiger partial charge is 0.389 e. The molecule has 2 rings (SSSR count). The van der Waals surface area contributed by atoms with Crippen LogP contribution in [0.2, 0.25) is 0 Å². The molecule has 1 N–H and O–H groups in total. The summed E-state index contributed by atoms with van der Waals surface area (Å²) in [7, 11) is 0. The first-order valence-electron chi connectivity index (χ1n) is 7.25. The third-order valence-electron chi connectivity index (χ3n) is 3.41. The van der Waals surface area contributed by atoms with E-state index in [0.717, 1.165) is 19.3 Å². The number of allylic oxidation sites excluding steroid dienone is 1. The second kappa shape index (κ2) is 7.66. The summed E-state index contributed by atoms with van der Waals surface area (Å²) in [6.07, 6.45) is 6.28. The van der Waals surface area contributed by atoms with Crippen LogP contribution < -0.4 is 0 Å². The lowest BCUT2D eigenvalue weighted by molar-refractivity contribution is 0.209. The van der Waals surface area contributed by atoms with Gasteiger partial charge in [-0.2, -0.15) is 0 Å². The van der Waals surface area contributed by atoms with Gasteiger partial charge < -0.3 is 5.11 Å². The predicted molar refractivity (Wildman–Crippen MR) is 85.6 cm³/mol. The lowest BCUT2D eigenvalue weighted by Crippen LogP contribution is -2.02. The molecular weight excluding hydrogens is 244 g/mol. The summed E-state index contributed by atoms with van der Waals surface area (Å²) in [5, 5.41) is 9.67. The van der Waals surface area contributed by atoms with E-state index < -0.39 is 0 Å². The van der Waals surface area contributed by atoms with Crippen LogP contribution in [0.15, 0.2) is 66.7 Å². The van der Waals surface area contributed by atoms with Crippen LogP contribution in [-0.2, 0) is 6.42 Å². The van der Waals surface area contributed by atoms with Crippen LogP contribution in [0, 0.1) is 0 Å². The highest BCUT2D eigenvalue weighted by atomic mass is 16.3. The highest BCUT2D eigenvalue weighted by Crippen LogP contribution is 2.21. The Morgan fingerprint density at radius 3 is 2.50 bits per heavy atom. The third-order valence-corrected chi connectivity index (χ3v) is 3.41. The topological polar surface area (TPSA) is 20.2 Å². The van der Waals surface area contributed by atoms with E-state index in [1.54, 1.807) is 0 Å². The molecule has 0 fully saturated rings. The van der Waals surface area contributed by atoms with Gasteiger partial charge in [0.2, 0.25) is 0 Å². The minimum atomic E-state index is -0.308. The Labute approximate surface area is 121 Å². The molecule has 0 aromatic heterocycles. The smallest absolute Gasteiger partial charge is 0.0720 e. The quantitative estimate of drug-likeness (QED) is 0.757. The van der Waals surface area contributed by atoms with Crippen molar-refractivity contribution in [3.05, 3.63) is 72.3 Å². The normalized spacial score (nSPS) is 12.7. The summed E-state index contributed by atoms with van der Waals surface area (Å²) >= 11 is 0. The van der Waals surface area contributed by atoms with Gasteiger partial charge in [0, 0.05) is 0 Å². The molecule has 0 aliphatic rings. The zero-order valence-corrected chi connectivity index (χ0v) is 12.0. The van der Waals surface area contributed by atoms with Gasteiger partial charge in [0.05, 0.1) is 6.10 Å². The predicted octanol–water partition coefficient (Wildman–Crippen LogP) is 4.61. The Kier molecular flexibility index (Phi) is 5.57. The highest BCUT2D eigenvalue weighted by molar-refractivity contribution is 5.63. The Morgan fingerprint density at radius 1 is 1.00 bits per heavy atom. The number of benzene rings is 2. The number of rotatable bonds is 6. The van der Waals surface area contributed by atoms with E-state index >= 15 is 0 Å². The molecule has 0 aliphatic heterocycles. The fourth-order valence-corrected chi connectivity index (χ4v) is 2.37. The minimum absolute atomic E-state index is 0.308. The van der Waals surface area contributed by atoms with E-state index in [-0.39, 0.29) is 6.10 Å². The number of hydrogen-bond acceptors (Lipinski definition) is 1. The van der Waals surface area contributed by atoms with Crippen LogP contribution in [0.4, 0.5) is 0 Å². The molecule has 0 radical (unpaired) electrons. The lowest BCUT2D eigenvalue weighted by atomic mass is 10.00. The van der Waals surface area contributed by atoms with Crippen molar-refractivity contribution < 1.29 is 5.11 Å². The SMILES string of the molecule is C/C=C/[C@@H](O)CCCc1cccc(-c2ccccc2)c1. The van der Waals surface area contributed by atoms with Crippen molar-refractivity contribution in [3.8, 4) is 11.1 Å². The zero-order valence-electron chi connectivity index (χ0n) is 12.0. The van der Waals surface area contributed by atoms with Crippen molar-refractivity contribution in [2.75, 3.05) is 0 Å². The standard InChI is InChI=1S/C19H22O/c1-2-8-19(20)14-7-10-16-9-6-13-18(15-16)17-11-4-3-5-12-17/h2-6,8-9,11-13,15,19-20H,7,10,14H2,1H3/b8-2+/t19-/m1/s1. The van der Waals surface area contributed by atoms with E-state index in [9.17, 15) is 5.11 Å². The van der Waals surface area contributed by atoms with Crippen LogP contribution in [0.1, 0.15) is 25.3 Å². The van der Waals surface area contributed by atoms with Gasteiger partial charge in [0.15, 0.2) is 0 Å². The molecule has 1 nitrogen and oxygen atoms in total. The van der Waals surface area contributed by atoms with Crippen LogP contribution in [0.3, 0.4) is 0 Å². The summed E-state index contributed by atoms with van der Waals surface area (Å²) in [5.74, 6) is 0. The zero-order chi connectivity index (χ0) is 14.2. The summed E-state index contributed by atoms with van der Waals surface area (Å²) in [6.45, 7) is 1.94. The number of aryl methyl sites for hydroxylation is 1. The summed E-state index contributed by atoms with van der Waals surface area (Å²) in [5.41, 5.74) is 3.85. The molecule has 0 saturated heterocycles. The molecule has 0 aliphatic carbocycles. The Hall–Kier alpha value is -1.86. The molecule has 20 heavy (non-hydrogen) atoms. The first-order chi connectivity index (χ1) is 9.79. The van der Waals surface area contributed by atoms with E-state index in [4.69, 9.17) is 0 Å². The van der Waals surface area contributed by atoms with Crippen molar-refractivity contribution in [2.45, 2.75) is 32.3 Å². The first-order valence-corrected chi connectivity index (χ1v) is 7.25. The van der Waals surface area contributed by atoms with Gasteiger partial charge >= 0.3 is 0 Å². The van der Waals surface area contributed by atoms with Crippen molar-refractivity contribution in [3.63, 3.8) is 0 Å². The molecule has 1 atom stereocenters. The Bertz CT molecular complexity index is 543.